The first-order valence-corrected chi connectivity index (χ1v) is 7.99. The van der Waals surface area contributed by atoms with Crippen molar-refractivity contribution in [3.05, 3.63) is 53.6 Å². The second-order valence-electron chi connectivity index (χ2n) is 4.83. The third-order valence-corrected chi connectivity index (χ3v) is 4.37. The molecule has 6 nitrogen and oxygen atoms in total. The molecule has 3 N–H and O–H groups in total. The molecule has 0 spiro atoms. The lowest BCUT2D eigenvalue weighted by molar-refractivity contribution is 0.580. The first-order chi connectivity index (χ1) is 9.88. The largest absolute Gasteiger partial charge is 0.324 e. The Labute approximate surface area is 124 Å². The van der Waals surface area contributed by atoms with Gasteiger partial charge in [-0.1, -0.05) is 12.1 Å². The lowest BCUT2D eigenvalue weighted by Crippen LogP contribution is -2.24. The number of nitrogens with two attached hydrogens (primary N) is 1. The van der Waals surface area contributed by atoms with Gasteiger partial charge in [-0.05, 0) is 31.5 Å². The molecule has 1 atom stereocenters. The van der Waals surface area contributed by atoms with Gasteiger partial charge < -0.3 is 5.73 Å². The van der Waals surface area contributed by atoms with Gasteiger partial charge in [0.1, 0.15) is 0 Å². The zero-order chi connectivity index (χ0) is 15.5. The molecule has 7 heteroatoms. The highest BCUT2D eigenvalue weighted by Crippen LogP contribution is 2.16. The van der Waals surface area contributed by atoms with Crippen LogP contribution in [0.25, 0.3) is 0 Å². The number of benzene rings is 1. The maximum atomic E-state index is 12.2. The van der Waals surface area contributed by atoms with E-state index in [0.29, 0.717) is 5.69 Å². The summed E-state index contributed by atoms with van der Waals surface area (Å²) >= 11 is 0. The van der Waals surface area contributed by atoms with Crippen LogP contribution in [0.4, 0.5) is 0 Å². The highest BCUT2D eigenvalue weighted by atomic mass is 32.2. The summed E-state index contributed by atoms with van der Waals surface area (Å²) in [5, 5.41) is 0. The highest BCUT2D eigenvalue weighted by molar-refractivity contribution is 7.89. The minimum Gasteiger partial charge on any atom is -0.324 e. The summed E-state index contributed by atoms with van der Waals surface area (Å²) in [6.07, 6.45) is 3.15. The molecular formula is C14H18N4O2S. The van der Waals surface area contributed by atoms with E-state index in [-0.39, 0.29) is 17.5 Å². The summed E-state index contributed by atoms with van der Waals surface area (Å²) in [5.74, 6) is 0. The molecule has 0 aliphatic carbocycles. The van der Waals surface area contributed by atoms with Gasteiger partial charge in [0.05, 0.1) is 29.0 Å². The van der Waals surface area contributed by atoms with Crippen molar-refractivity contribution in [2.45, 2.75) is 31.3 Å². The molecule has 1 aromatic carbocycles. The summed E-state index contributed by atoms with van der Waals surface area (Å²) in [5.41, 5.74) is 7.89. The van der Waals surface area contributed by atoms with E-state index in [1.165, 1.54) is 6.07 Å². The average Bonchev–Trinajstić information content (AvgIpc) is 2.47. The van der Waals surface area contributed by atoms with Gasteiger partial charge in [0.2, 0.25) is 10.0 Å². The third-order valence-electron chi connectivity index (χ3n) is 2.97. The van der Waals surface area contributed by atoms with E-state index in [1.807, 2.05) is 6.92 Å². The number of sulfonamides is 1. The Kier molecular flexibility index (Phi) is 4.66. The Morgan fingerprint density at radius 2 is 2.05 bits per heavy atom. The van der Waals surface area contributed by atoms with Crippen molar-refractivity contribution in [1.29, 1.82) is 0 Å². The molecule has 0 saturated heterocycles. The molecular weight excluding hydrogens is 288 g/mol. The molecule has 0 saturated carbocycles. The Hall–Kier alpha value is -1.83. The normalized spacial score (nSPS) is 13.1. The number of nitrogens with one attached hydrogen (secondary N) is 1. The quantitative estimate of drug-likeness (QED) is 0.867. The van der Waals surface area contributed by atoms with Gasteiger partial charge in [-0.3, -0.25) is 9.97 Å². The predicted octanol–water partition coefficient (Wildman–Crippen LogP) is 1.28. The van der Waals surface area contributed by atoms with E-state index in [2.05, 4.69) is 14.7 Å². The summed E-state index contributed by atoms with van der Waals surface area (Å²) in [4.78, 5) is 8.38. The predicted molar refractivity (Wildman–Crippen MR) is 79.8 cm³/mol. The van der Waals surface area contributed by atoms with E-state index in [0.717, 1.165) is 11.3 Å². The zero-order valence-electron chi connectivity index (χ0n) is 11.9. The van der Waals surface area contributed by atoms with Gasteiger partial charge in [-0.25, -0.2) is 13.1 Å². The maximum Gasteiger partial charge on any atom is 0.240 e. The SMILES string of the molecule is Cc1cnc(CNS(=O)(=O)c2cccc(C(C)N)c2)cn1. The van der Waals surface area contributed by atoms with Crippen molar-refractivity contribution in [3.63, 3.8) is 0 Å². The Bertz CT molecular complexity index is 712. The monoisotopic (exact) mass is 306 g/mol. The fraction of sp³-hybridized carbons (Fsp3) is 0.286. The number of aromatic nitrogens is 2. The van der Waals surface area contributed by atoms with Crippen LogP contribution in [0, 0.1) is 6.92 Å². The first-order valence-electron chi connectivity index (χ1n) is 6.51. The van der Waals surface area contributed by atoms with Crippen molar-refractivity contribution in [2.24, 2.45) is 5.73 Å². The van der Waals surface area contributed by atoms with Crippen LogP contribution in [-0.4, -0.2) is 18.4 Å². The van der Waals surface area contributed by atoms with E-state index >= 15 is 0 Å². The molecule has 0 aliphatic rings. The van der Waals surface area contributed by atoms with Gasteiger partial charge >= 0.3 is 0 Å². The van der Waals surface area contributed by atoms with Gasteiger partial charge in [0, 0.05) is 12.2 Å². The number of hydrogen-bond acceptors (Lipinski definition) is 5. The molecule has 0 radical (unpaired) electrons. The van der Waals surface area contributed by atoms with Crippen molar-refractivity contribution in [2.75, 3.05) is 0 Å². The minimum absolute atomic E-state index is 0.0953. The van der Waals surface area contributed by atoms with Crippen molar-refractivity contribution in [3.8, 4) is 0 Å². The van der Waals surface area contributed by atoms with E-state index in [1.54, 1.807) is 37.5 Å². The zero-order valence-corrected chi connectivity index (χ0v) is 12.8. The fourth-order valence-corrected chi connectivity index (χ4v) is 2.78. The van der Waals surface area contributed by atoms with Crippen LogP contribution in [0.5, 0.6) is 0 Å². The lowest BCUT2D eigenvalue weighted by Gasteiger charge is -2.10. The van der Waals surface area contributed by atoms with Crippen molar-refractivity contribution < 1.29 is 8.42 Å². The van der Waals surface area contributed by atoms with Crippen LogP contribution in [0.2, 0.25) is 0 Å². The van der Waals surface area contributed by atoms with Gasteiger partial charge in [-0.15, -0.1) is 0 Å². The van der Waals surface area contributed by atoms with Crippen molar-refractivity contribution in [1.82, 2.24) is 14.7 Å². The molecule has 112 valence electrons. The second kappa shape index (κ2) is 6.30. The lowest BCUT2D eigenvalue weighted by atomic mass is 10.1. The smallest absolute Gasteiger partial charge is 0.240 e. The Balaban J connectivity index is 2.14. The number of hydrogen-bond donors (Lipinski definition) is 2. The highest BCUT2D eigenvalue weighted by Gasteiger charge is 2.15. The Morgan fingerprint density at radius 3 is 2.67 bits per heavy atom. The number of nitrogens with zero attached hydrogens (tertiary/aromatic N) is 2. The fourth-order valence-electron chi connectivity index (χ4n) is 1.73. The second-order valence-corrected chi connectivity index (χ2v) is 6.60. The molecule has 0 fully saturated rings. The molecule has 1 heterocycles. The maximum absolute atomic E-state index is 12.2. The molecule has 2 rings (SSSR count). The molecule has 0 aliphatic heterocycles. The first kappa shape index (κ1) is 15.6. The molecule has 1 unspecified atom stereocenters. The molecule has 21 heavy (non-hydrogen) atoms. The van der Waals surface area contributed by atoms with Crippen molar-refractivity contribution >= 4 is 10.0 Å². The average molecular weight is 306 g/mol. The standard InChI is InChI=1S/C14H18N4O2S/c1-10-7-17-13(8-16-10)9-18-21(19,20)14-5-3-4-12(6-14)11(2)15/h3-8,11,18H,9,15H2,1-2H3. The minimum atomic E-state index is -3.60. The summed E-state index contributed by atoms with van der Waals surface area (Å²) < 4.78 is 27.0. The van der Waals surface area contributed by atoms with Crippen LogP contribution in [0.15, 0.2) is 41.6 Å². The van der Waals surface area contributed by atoms with E-state index in [9.17, 15) is 8.42 Å². The molecule has 1 aromatic heterocycles. The van der Waals surface area contributed by atoms with Crippen LogP contribution in [0.3, 0.4) is 0 Å². The van der Waals surface area contributed by atoms with Crippen LogP contribution >= 0.6 is 0 Å². The molecule has 2 aromatic rings. The van der Waals surface area contributed by atoms with E-state index < -0.39 is 10.0 Å². The Morgan fingerprint density at radius 1 is 1.29 bits per heavy atom. The van der Waals surface area contributed by atoms with Crippen LogP contribution < -0.4 is 10.5 Å². The molecule has 0 amide bonds. The van der Waals surface area contributed by atoms with E-state index in [4.69, 9.17) is 5.73 Å². The molecule has 0 bridgehead atoms. The van der Waals surface area contributed by atoms with Crippen LogP contribution in [0.1, 0.15) is 29.9 Å². The topological polar surface area (TPSA) is 98.0 Å². The summed E-state index contributed by atoms with van der Waals surface area (Å²) in [7, 11) is -3.60. The summed E-state index contributed by atoms with van der Waals surface area (Å²) in [6.45, 7) is 3.72. The third kappa shape index (κ3) is 4.07. The number of rotatable bonds is 5. The summed E-state index contributed by atoms with van der Waals surface area (Å²) in [6, 6.07) is 6.37. The number of aryl methyl sites for hydroxylation is 1. The van der Waals surface area contributed by atoms with Gasteiger partial charge in [0.25, 0.3) is 0 Å². The van der Waals surface area contributed by atoms with Gasteiger partial charge in [-0.2, -0.15) is 0 Å². The van der Waals surface area contributed by atoms with Crippen LogP contribution in [-0.2, 0) is 16.6 Å². The van der Waals surface area contributed by atoms with Gasteiger partial charge in [0.15, 0.2) is 0 Å².